The van der Waals surface area contributed by atoms with Crippen LogP contribution in [0.3, 0.4) is 0 Å². The number of nitrogens with one attached hydrogen (secondary N) is 4. The monoisotopic (exact) mass is 630 g/mol. The molecule has 0 fully saturated rings. The Morgan fingerprint density at radius 1 is 0.565 bits per heavy atom. The summed E-state index contributed by atoms with van der Waals surface area (Å²) >= 11 is 0. The summed E-state index contributed by atoms with van der Waals surface area (Å²) in [5, 5.41) is 36.2. The van der Waals surface area contributed by atoms with Crippen molar-refractivity contribution in [3.05, 3.63) is 127 Å². The third kappa shape index (κ3) is 7.27. The molecule has 0 bridgehead atoms. The van der Waals surface area contributed by atoms with Gasteiger partial charge < -0.3 is 21.3 Å². The lowest BCUT2D eigenvalue weighted by Gasteiger charge is -2.20. The van der Waals surface area contributed by atoms with Crippen molar-refractivity contribution in [2.24, 2.45) is 0 Å². The van der Waals surface area contributed by atoms with Crippen molar-refractivity contribution >= 4 is 68.0 Å². The number of nitrogens with zero attached hydrogens (tertiary/aromatic N) is 6. The fourth-order valence-corrected chi connectivity index (χ4v) is 5.35. The standard InChI is InChI=1S/C32H26N10O3S/c43-46(44,45)30-23(17-16-22-10-4-1-5-11-22)18-19-26(37-31-27(20-33-41-39-31)35-24-12-6-2-7-13-24)29(30)38-32-28(21-34-42-40-32)36-25-14-8-3-9-15-25/h1-21H,(H,35,41)(H,36,42)(H,33,37,39)(H,34,38,40)(H,43,44,45). The van der Waals surface area contributed by atoms with Crippen LogP contribution in [0.1, 0.15) is 11.1 Å². The summed E-state index contributed by atoms with van der Waals surface area (Å²) in [6, 6.07) is 31.2. The molecule has 6 rings (SSSR count). The van der Waals surface area contributed by atoms with Crippen LogP contribution in [-0.2, 0) is 10.1 Å². The van der Waals surface area contributed by atoms with Crippen LogP contribution in [0.5, 0.6) is 0 Å². The molecule has 0 aliphatic carbocycles. The molecule has 0 unspecified atom stereocenters. The van der Waals surface area contributed by atoms with Gasteiger partial charge in [-0.05, 0) is 51.9 Å². The number of hydrogen-bond donors (Lipinski definition) is 5. The van der Waals surface area contributed by atoms with Crippen LogP contribution in [0.25, 0.3) is 12.2 Å². The second-order valence-corrected chi connectivity index (χ2v) is 11.1. The van der Waals surface area contributed by atoms with E-state index in [0.29, 0.717) is 11.4 Å². The SMILES string of the molecule is O=S(=O)(O)c1c(C=Cc2ccccc2)ccc(Nc2nnncc2Nc2ccccc2)c1Nc1nnncc1Nc1ccccc1. The van der Waals surface area contributed by atoms with Crippen LogP contribution < -0.4 is 21.3 Å². The Morgan fingerprint density at radius 2 is 1.09 bits per heavy atom. The Morgan fingerprint density at radius 3 is 1.63 bits per heavy atom. The van der Waals surface area contributed by atoms with Crippen LogP contribution in [0.2, 0.25) is 0 Å². The molecule has 6 aromatic rings. The first-order valence-electron chi connectivity index (χ1n) is 13.9. The van der Waals surface area contributed by atoms with Crippen LogP contribution in [-0.4, -0.2) is 43.8 Å². The molecular weight excluding hydrogens is 604 g/mol. The molecule has 0 atom stereocenters. The van der Waals surface area contributed by atoms with Gasteiger partial charge in [-0.2, -0.15) is 8.42 Å². The molecule has 228 valence electrons. The molecule has 4 aromatic carbocycles. The lowest BCUT2D eigenvalue weighted by atomic mass is 10.1. The highest BCUT2D eigenvalue weighted by Crippen LogP contribution is 2.39. The Labute approximate surface area is 264 Å². The fraction of sp³-hybridized carbons (Fsp3) is 0. The molecule has 2 aromatic heterocycles. The highest BCUT2D eigenvalue weighted by Gasteiger charge is 2.25. The van der Waals surface area contributed by atoms with Crippen LogP contribution >= 0.6 is 0 Å². The Bertz CT molecular complexity index is 2080. The van der Waals surface area contributed by atoms with Crippen molar-refractivity contribution in [2.45, 2.75) is 4.90 Å². The maximum Gasteiger partial charge on any atom is 0.297 e. The lowest BCUT2D eigenvalue weighted by Crippen LogP contribution is -2.11. The number of benzene rings is 4. The molecule has 2 heterocycles. The summed E-state index contributed by atoms with van der Waals surface area (Å²) < 4.78 is 36.8. The van der Waals surface area contributed by atoms with E-state index in [9.17, 15) is 13.0 Å². The summed E-state index contributed by atoms with van der Waals surface area (Å²) in [6.45, 7) is 0. The highest BCUT2D eigenvalue weighted by molar-refractivity contribution is 7.86. The number of anilines is 8. The summed E-state index contributed by atoms with van der Waals surface area (Å²) in [6.07, 6.45) is 6.26. The topological polar surface area (TPSA) is 180 Å². The molecule has 0 radical (unpaired) electrons. The Hall–Kier alpha value is -6.25. The third-order valence-corrected chi connectivity index (χ3v) is 7.54. The predicted octanol–water partition coefficient (Wildman–Crippen LogP) is 6.45. The fourth-order valence-electron chi connectivity index (χ4n) is 4.49. The zero-order chi connectivity index (χ0) is 31.8. The summed E-state index contributed by atoms with van der Waals surface area (Å²) in [5.41, 5.74) is 3.60. The van der Waals surface area contributed by atoms with Crippen molar-refractivity contribution < 1.29 is 13.0 Å². The van der Waals surface area contributed by atoms with E-state index in [2.05, 4.69) is 52.1 Å². The van der Waals surface area contributed by atoms with E-state index in [1.165, 1.54) is 12.4 Å². The molecule has 0 saturated carbocycles. The smallest absolute Gasteiger partial charge is 0.297 e. The average molecular weight is 631 g/mol. The molecule has 46 heavy (non-hydrogen) atoms. The van der Waals surface area contributed by atoms with Gasteiger partial charge in [0.25, 0.3) is 10.1 Å². The van der Waals surface area contributed by atoms with Crippen molar-refractivity contribution in [3.8, 4) is 0 Å². The first-order valence-corrected chi connectivity index (χ1v) is 15.3. The van der Waals surface area contributed by atoms with E-state index >= 15 is 0 Å². The van der Waals surface area contributed by atoms with E-state index in [0.717, 1.165) is 16.9 Å². The van der Waals surface area contributed by atoms with Gasteiger partial charge in [0.15, 0.2) is 11.6 Å². The van der Waals surface area contributed by atoms with Gasteiger partial charge in [-0.15, -0.1) is 20.4 Å². The van der Waals surface area contributed by atoms with E-state index in [1.54, 1.807) is 24.3 Å². The second-order valence-electron chi connectivity index (χ2n) is 9.75. The maximum absolute atomic E-state index is 13.1. The molecule has 0 aliphatic heterocycles. The molecular formula is C32H26N10O3S. The Balaban J connectivity index is 1.47. The zero-order valence-corrected chi connectivity index (χ0v) is 24.8. The molecule has 0 amide bonds. The van der Waals surface area contributed by atoms with Gasteiger partial charge in [-0.25, -0.2) is 0 Å². The second kappa shape index (κ2) is 13.6. The summed E-state index contributed by atoms with van der Waals surface area (Å²) in [4.78, 5) is -0.409. The summed E-state index contributed by atoms with van der Waals surface area (Å²) in [7, 11) is -4.84. The van der Waals surface area contributed by atoms with Gasteiger partial charge in [-0.3, -0.25) is 4.55 Å². The van der Waals surface area contributed by atoms with Gasteiger partial charge in [0.1, 0.15) is 16.3 Å². The lowest BCUT2D eigenvalue weighted by molar-refractivity contribution is 0.483. The first-order chi connectivity index (χ1) is 22.4. The quantitative estimate of drug-likeness (QED) is 0.0779. The number of rotatable bonds is 11. The number of hydrogen-bond acceptors (Lipinski definition) is 12. The normalized spacial score (nSPS) is 11.2. The molecule has 13 nitrogen and oxygen atoms in total. The summed E-state index contributed by atoms with van der Waals surface area (Å²) in [5.74, 6) is 0.374. The van der Waals surface area contributed by atoms with Gasteiger partial charge >= 0.3 is 0 Å². The van der Waals surface area contributed by atoms with Crippen molar-refractivity contribution in [3.63, 3.8) is 0 Å². The minimum absolute atomic E-state index is 0.0291. The zero-order valence-electron chi connectivity index (χ0n) is 24.0. The van der Waals surface area contributed by atoms with Crippen LogP contribution in [0.4, 0.5) is 45.8 Å². The van der Waals surface area contributed by atoms with E-state index in [1.807, 2.05) is 91.0 Å². The minimum Gasteiger partial charge on any atom is -0.351 e. The minimum atomic E-state index is -4.84. The molecule has 14 heteroatoms. The largest absolute Gasteiger partial charge is 0.351 e. The van der Waals surface area contributed by atoms with Gasteiger partial charge in [-0.1, -0.05) is 84.9 Å². The molecule has 0 spiro atoms. The van der Waals surface area contributed by atoms with E-state index in [4.69, 9.17) is 0 Å². The van der Waals surface area contributed by atoms with E-state index in [-0.39, 0.29) is 28.6 Å². The van der Waals surface area contributed by atoms with Crippen molar-refractivity contribution in [1.29, 1.82) is 0 Å². The predicted molar refractivity (Wildman–Crippen MR) is 177 cm³/mol. The van der Waals surface area contributed by atoms with Gasteiger partial charge in [0.2, 0.25) is 0 Å². The number of aromatic nitrogens is 6. The average Bonchev–Trinajstić information content (AvgIpc) is 3.07. The first kappa shape index (κ1) is 29.8. The maximum atomic E-state index is 13.1. The van der Waals surface area contributed by atoms with Crippen molar-refractivity contribution in [1.82, 2.24) is 30.8 Å². The van der Waals surface area contributed by atoms with Gasteiger partial charge in [0, 0.05) is 11.4 Å². The van der Waals surface area contributed by atoms with Gasteiger partial charge in [0.05, 0.1) is 23.8 Å². The molecule has 0 saturated heterocycles. The van der Waals surface area contributed by atoms with Crippen molar-refractivity contribution in [2.75, 3.05) is 21.3 Å². The van der Waals surface area contributed by atoms with Crippen LogP contribution in [0.15, 0.2) is 120 Å². The molecule has 5 N–H and O–H groups in total. The van der Waals surface area contributed by atoms with Crippen LogP contribution in [0, 0.1) is 0 Å². The molecule has 0 aliphatic rings. The third-order valence-electron chi connectivity index (χ3n) is 6.58. The number of para-hydroxylation sites is 2. The Kier molecular flexibility index (Phi) is 8.80. The highest BCUT2D eigenvalue weighted by atomic mass is 32.2. The van der Waals surface area contributed by atoms with E-state index < -0.39 is 15.0 Å².